The van der Waals surface area contributed by atoms with Crippen LogP contribution in [0.1, 0.15) is 69.7 Å². The maximum Gasteiger partial charge on any atom is 0.285 e. The van der Waals surface area contributed by atoms with Crippen LogP contribution in [0.25, 0.3) is 66.1 Å². The van der Waals surface area contributed by atoms with E-state index >= 15 is 0 Å². The van der Waals surface area contributed by atoms with Gasteiger partial charge in [0.25, 0.3) is 29.3 Å². The van der Waals surface area contributed by atoms with Crippen molar-refractivity contribution in [2.45, 2.75) is 53.3 Å². The van der Waals surface area contributed by atoms with E-state index in [2.05, 4.69) is 66.2 Å². The van der Waals surface area contributed by atoms with Crippen LogP contribution in [0.15, 0.2) is 91.8 Å². The zero-order chi connectivity index (χ0) is 53.6. The maximum absolute atomic E-state index is 11.8. The number of ketones is 3. The minimum atomic E-state index is -4.28. The normalized spacial score (nSPS) is 11.5. The van der Waals surface area contributed by atoms with E-state index in [0.717, 1.165) is 54.8 Å². The van der Waals surface area contributed by atoms with Gasteiger partial charge in [-0.2, -0.15) is 32.1 Å². The van der Waals surface area contributed by atoms with Gasteiger partial charge in [0.05, 0.1) is 16.6 Å². The number of alkyl halides is 1. The quantitative estimate of drug-likeness (QED) is 0.0501. The molecule has 9 rings (SSSR count). The van der Waals surface area contributed by atoms with E-state index in [1.165, 1.54) is 25.5 Å². The monoisotopic (exact) mass is 1140 g/mol. The van der Waals surface area contributed by atoms with Crippen molar-refractivity contribution in [2.75, 3.05) is 4.66 Å². The van der Waals surface area contributed by atoms with E-state index < -0.39 is 41.0 Å². The standard InChI is InChI=1S/C15H13ClN4O3S.C15H14N4O4S.C14H12N4O.CH3BrO3S/c1-9(21)15-13-5-11(12-6-17-10(2)18-7-12)3-4-14(13)20(19-15)8-24(16,22)23;1-9(20)15-13-5-11(12-6-16-10(2)17-7-12)3-4-14(13)19(18-15)8-24(21,22)23;1-8(19)14-12-5-10(3-4-13(12)17-18-14)11-6-15-9(2)16-7-11;2-1-6(3,4)5/h3-7H,8H2,1-2H3;3-7H,8H2,1-2H3,(H,21,22,23);3-7H,1-2H3,(H,17,18);1H2,(H,3,4,5). The third-order valence-corrected chi connectivity index (χ3v) is 13.5. The number of carbonyl (C=O) groups excluding carboxylic acids is 3. The first kappa shape index (κ1) is 55.2. The smallest absolute Gasteiger partial charge is 0.285 e. The topological polar surface area (TPSA) is 336 Å². The molecule has 6 heterocycles. The molecule has 0 aliphatic rings. The Labute approximate surface area is 429 Å². The Hall–Kier alpha value is -7.14. The van der Waals surface area contributed by atoms with E-state index in [1.54, 1.807) is 87.4 Å². The van der Waals surface area contributed by atoms with Crippen molar-refractivity contribution >= 4 is 106 Å². The molecule has 0 aliphatic heterocycles. The van der Waals surface area contributed by atoms with Gasteiger partial charge in [-0.3, -0.25) is 28.6 Å². The Morgan fingerprint density at radius 2 is 0.877 bits per heavy atom. The Bertz CT molecular complexity index is 3720. The van der Waals surface area contributed by atoms with Crippen LogP contribution in [0.3, 0.4) is 0 Å². The molecule has 0 atom stereocenters. The predicted molar refractivity (Wildman–Crippen MR) is 275 cm³/mol. The summed E-state index contributed by atoms with van der Waals surface area (Å²) in [7, 11) is -6.52. The molecule has 380 valence electrons. The van der Waals surface area contributed by atoms with Crippen LogP contribution in [-0.4, -0.2) is 116 Å². The number of aromatic amines is 1. The van der Waals surface area contributed by atoms with E-state index in [4.69, 9.17) is 19.8 Å². The average molecular weight is 1140 g/mol. The zero-order valence-electron chi connectivity index (χ0n) is 39.3. The SMILES string of the molecule is CC(=O)c1n[nH]c2ccc(-c3cnc(C)nc3)cc12.CC(=O)c1nn(CS(=O)(=O)Cl)c2ccc(-c3cnc(C)nc3)cc12.CC(=O)c1nn(CS(=O)(=O)O)c2ccc(-c3cnc(C)nc3)cc12.O=S(=O)(O)CBr. The number of nitrogens with one attached hydrogen (secondary N) is 1. The molecule has 0 fully saturated rings. The molecule has 3 N–H and O–H groups in total. The molecule has 3 aromatic carbocycles. The number of hydrogen-bond acceptors (Lipinski definition) is 18. The molecule has 0 aliphatic carbocycles. The van der Waals surface area contributed by atoms with Crippen molar-refractivity contribution in [2.24, 2.45) is 0 Å². The summed E-state index contributed by atoms with van der Waals surface area (Å²) in [5.41, 5.74) is 7.62. The lowest BCUT2D eigenvalue weighted by atomic mass is 10.0. The predicted octanol–water partition coefficient (Wildman–Crippen LogP) is 7.14. The number of carbonyl (C=O) groups is 3. The molecule has 0 unspecified atom stereocenters. The number of H-pyrrole nitrogens is 1. The number of aromatic nitrogens is 12. The van der Waals surface area contributed by atoms with Gasteiger partial charge in [0.15, 0.2) is 29.1 Å². The molecular formula is C45H42BrClN12O11S3. The van der Waals surface area contributed by atoms with Crippen molar-refractivity contribution in [3.63, 3.8) is 0 Å². The zero-order valence-corrected chi connectivity index (χ0v) is 44.0. The molecule has 73 heavy (non-hydrogen) atoms. The fourth-order valence-corrected chi connectivity index (χ4v) is 8.09. The summed E-state index contributed by atoms with van der Waals surface area (Å²) >= 11 is 2.53. The molecule has 0 saturated heterocycles. The van der Waals surface area contributed by atoms with Gasteiger partial charge in [-0.1, -0.05) is 34.1 Å². The number of Topliss-reactive ketones (excluding diaryl/α,β-unsaturated/α-hetero) is 3. The molecule has 23 nitrogen and oxygen atoms in total. The van der Waals surface area contributed by atoms with E-state index in [1.807, 2.05) is 25.1 Å². The molecule has 0 saturated carbocycles. The maximum atomic E-state index is 11.8. The summed E-state index contributed by atoms with van der Waals surface area (Å²) in [6.07, 6.45) is 10.3. The van der Waals surface area contributed by atoms with Crippen molar-refractivity contribution in [1.29, 1.82) is 0 Å². The first-order chi connectivity index (χ1) is 34.2. The Morgan fingerprint density at radius 3 is 1.21 bits per heavy atom. The van der Waals surface area contributed by atoms with Gasteiger partial charge in [0.1, 0.15) is 39.2 Å². The van der Waals surface area contributed by atoms with E-state index in [9.17, 15) is 39.6 Å². The first-order valence-corrected chi connectivity index (χ1v) is 27.8. The number of benzene rings is 3. The van der Waals surface area contributed by atoms with Crippen LogP contribution in [0.2, 0.25) is 0 Å². The van der Waals surface area contributed by atoms with Gasteiger partial charge < -0.3 is 0 Å². The number of halogens is 2. The molecule has 0 spiro atoms. The second-order valence-electron chi connectivity index (χ2n) is 15.8. The highest BCUT2D eigenvalue weighted by Gasteiger charge is 2.20. The molecule has 28 heteroatoms. The Morgan fingerprint density at radius 1 is 0.534 bits per heavy atom. The van der Waals surface area contributed by atoms with Crippen LogP contribution in [-0.2, 0) is 41.0 Å². The number of fused-ring (bicyclic) bond motifs is 3. The third-order valence-electron chi connectivity index (χ3n) is 10.1. The van der Waals surface area contributed by atoms with Crippen LogP contribution in [0, 0.1) is 20.8 Å². The number of aryl methyl sites for hydroxylation is 3. The summed E-state index contributed by atoms with van der Waals surface area (Å²) in [5, 5.41) is 16.9. The average Bonchev–Trinajstić information content (AvgIpc) is 4.02. The highest BCUT2D eigenvalue weighted by atomic mass is 79.9. The van der Waals surface area contributed by atoms with Gasteiger partial charge >= 0.3 is 0 Å². The van der Waals surface area contributed by atoms with Crippen molar-refractivity contribution in [3.8, 4) is 33.4 Å². The molecule has 0 bridgehead atoms. The molecule has 9 aromatic rings. The van der Waals surface area contributed by atoms with Gasteiger partial charge in [-0.25, -0.2) is 47.7 Å². The highest BCUT2D eigenvalue weighted by molar-refractivity contribution is 9.10. The molecular weight excluding hydrogens is 1100 g/mol. The summed E-state index contributed by atoms with van der Waals surface area (Å²) in [4.78, 5) is 60.1. The number of rotatable bonds is 11. The first-order valence-electron chi connectivity index (χ1n) is 21.0. The third kappa shape index (κ3) is 14.7. The lowest BCUT2D eigenvalue weighted by Crippen LogP contribution is -2.11. The van der Waals surface area contributed by atoms with E-state index in [0.29, 0.717) is 39.1 Å². The Balaban J connectivity index is 0.000000170. The summed E-state index contributed by atoms with van der Waals surface area (Å²) in [5.74, 6) is 0.194. The highest BCUT2D eigenvalue weighted by Crippen LogP contribution is 2.29. The van der Waals surface area contributed by atoms with Crippen LogP contribution in [0.5, 0.6) is 0 Å². The van der Waals surface area contributed by atoms with Crippen LogP contribution < -0.4 is 0 Å². The van der Waals surface area contributed by atoms with Gasteiger partial charge in [0.2, 0.25) is 0 Å². The Kier molecular flexibility index (Phi) is 17.2. The lowest BCUT2D eigenvalue weighted by molar-refractivity contribution is 0.100. The second kappa shape index (κ2) is 22.7. The van der Waals surface area contributed by atoms with Gasteiger partial charge in [-0.05, 0) is 73.9 Å². The molecule has 6 aromatic heterocycles. The minimum absolute atomic E-state index is 0.0523. The minimum Gasteiger partial charge on any atom is -0.293 e. The van der Waals surface area contributed by atoms with Crippen molar-refractivity contribution in [1.82, 2.24) is 59.7 Å². The number of nitrogens with zero attached hydrogens (tertiary/aromatic N) is 11. The van der Waals surface area contributed by atoms with Crippen molar-refractivity contribution in [3.05, 3.63) is 126 Å². The second-order valence-corrected chi connectivity index (χ2v) is 22.7. The van der Waals surface area contributed by atoms with Crippen LogP contribution >= 0.6 is 26.6 Å². The summed E-state index contributed by atoms with van der Waals surface area (Å²) < 4.78 is 82.7. The molecule has 0 radical (unpaired) electrons. The summed E-state index contributed by atoms with van der Waals surface area (Å²) in [6.45, 7) is 9.65. The van der Waals surface area contributed by atoms with Gasteiger partial charge in [-0.15, -0.1) is 0 Å². The fourth-order valence-electron chi connectivity index (χ4n) is 6.82. The summed E-state index contributed by atoms with van der Waals surface area (Å²) in [6, 6.07) is 16.2. The number of hydrogen-bond donors (Lipinski definition) is 3. The lowest BCUT2D eigenvalue weighted by Gasteiger charge is -2.03. The largest absolute Gasteiger partial charge is 0.293 e. The van der Waals surface area contributed by atoms with E-state index in [-0.39, 0.29) is 33.4 Å². The molecule has 0 amide bonds. The fraction of sp³-hybridized carbons (Fsp3) is 0.200. The van der Waals surface area contributed by atoms with Gasteiger partial charge in [0, 0.05) is 101 Å². The van der Waals surface area contributed by atoms with Crippen LogP contribution in [0.4, 0.5) is 0 Å². The van der Waals surface area contributed by atoms with Crippen molar-refractivity contribution < 1.29 is 48.7 Å².